The first-order valence-corrected chi connectivity index (χ1v) is 12.5. The van der Waals surface area contributed by atoms with Crippen molar-refractivity contribution in [3.63, 3.8) is 0 Å². The van der Waals surface area contributed by atoms with Crippen LogP contribution in [0.3, 0.4) is 0 Å². The molecule has 6 heteroatoms. The predicted octanol–water partition coefficient (Wildman–Crippen LogP) is 5.88. The van der Waals surface area contributed by atoms with Gasteiger partial charge in [-0.05, 0) is 75.3 Å². The van der Waals surface area contributed by atoms with Gasteiger partial charge in [-0.1, -0.05) is 26.8 Å². The summed E-state index contributed by atoms with van der Waals surface area (Å²) in [6.07, 6.45) is 1.65. The van der Waals surface area contributed by atoms with E-state index in [4.69, 9.17) is 4.53 Å². The quantitative estimate of drug-likeness (QED) is 0.504. The van der Waals surface area contributed by atoms with Crippen LogP contribution in [0.4, 0.5) is 11.5 Å². The van der Waals surface area contributed by atoms with Crippen LogP contribution in [0, 0.1) is 0 Å². The summed E-state index contributed by atoms with van der Waals surface area (Å²) in [5.74, 6) is 0.354. The summed E-state index contributed by atoms with van der Waals surface area (Å²) in [4.78, 5) is 16.6. The largest absolute Gasteiger partial charge is 0.319 e. The van der Waals surface area contributed by atoms with Crippen LogP contribution < -0.4 is 10.4 Å². The number of anilines is 2. The third-order valence-electron chi connectivity index (χ3n) is 5.01. The van der Waals surface area contributed by atoms with Gasteiger partial charge in [0.2, 0.25) is 8.32 Å². The van der Waals surface area contributed by atoms with Gasteiger partial charge in [-0.3, -0.25) is 9.86 Å². The lowest BCUT2D eigenvalue weighted by Gasteiger charge is -2.45. The molecule has 0 radical (unpaired) electrons. The summed E-state index contributed by atoms with van der Waals surface area (Å²) in [7, 11) is -2.01. The molecule has 1 aromatic carbocycles. The third-order valence-corrected chi connectivity index (χ3v) is 9.26. The molecule has 2 aromatic rings. The highest BCUT2D eigenvalue weighted by atomic mass is 28.4. The van der Waals surface area contributed by atoms with Gasteiger partial charge in [0, 0.05) is 11.8 Å². The Bertz CT molecular complexity index is 791. The molecule has 0 aliphatic rings. The SMILES string of the molecule is CC(C)(C)N(O[Si](C)(C)C(C)(C)C)c1ccc(C(=O)Nc2ccccn2)cc1. The van der Waals surface area contributed by atoms with E-state index in [1.165, 1.54) is 0 Å². The van der Waals surface area contributed by atoms with Crippen LogP contribution in [0.1, 0.15) is 51.9 Å². The highest BCUT2D eigenvalue weighted by molar-refractivity contribution is 6.74. The lowest BCUT2D eigenvalue weighted by Crippen LogP contribution is -2.52. The van der Waals surface area contributed by atoms with E-state index in [1.807, 2.05) is 41.5 Å². The van der Waals surface area contributed by atoms with Gasteiger partial charge >= 0.3 is 0 Å². The van der Waals surface area contributed by atoms with Crippen LogP contribution >= 0.6 is 0 Å². The van der Waals surface area contributed by atoms with Gasteiger partial charge in [-0.15, -0.1) is 0 Å². The van der Waals surface area contributed by atoms with E-state index < -0.39 is 8.32 Å². The lowest BCUT2D eigenvalue weighted by atomic mass is 10.1. The average Bonchev–Trinajstić information content (AvgIpc) is 2.59. The van der Waals surface area contributed by atoms with Crippen molar-refractivity contribution in [1.82, 2.24) is 4.98 Å². The molecule has 0 bridgehead atoms. The number of rotatable bonds is 5. The molecule has 0 fully saturated rings. The number of amides is 1. The smallest absolute Gasteiger partial charge is 0.256 e. The Morgan fingerprint density at radius 3 is 2.07 bits per heavy atom. The van der Waals surface area contributed by atoms with Gasteiger partial charge in [0.05, 0.1) is 11.2 Å². The highest BCUT2D eigenvalue weighted by Crippen LogP contribution is 2.39. The van der Waals surface area contributed by atoms with Crippen molar-refractivity contribution in [3.05, 3.63) is 54.2 Å². The Balaban J connectivity index is 2.23. The summed E-state index contributed by atoms with van der Waals surface area (Å²) < 4.78 is 6.61. The normalized spacial score (nSPS) is 12.6. The Morgan fingerprint density at radius 1 is 1.00 bits per heavy atom. The molecule has 1 aromatic heterocycles. The fraction of sp³-hybridized carbons (Fsp3) is 0.455. The molecular formula is C22H33N3O2Si. The van der Waals surface area contributed by atoms with Crippen LogP contribution in [0.25, 0.3) is 0 Å². The third kappa shape index (κ3) is 5.42. The predicted molar refractivity (Wildman–Crippen MR) is 119 cm³/mol. The van der Waals surface area contributed by atoms with E-state index >= 15 is 0 Å². The number of hydrogen-bond acceptors (Lipinski definition) is 4. The van der Waals surface area contributed by atoms with Crippen LogP contribution in [0.5, 0.6) is 0 Å². The first-order chi connectivity index (χ1) is 12.8. The number of nitrogens with zero attached hydrogens (tertiary/aromatic N) is 2. The van der Waals surface area contributed by atoms with Crippen LogP contribution in [0.15, 0.2) is 48.7 Å². The molecule has 2 rings (SSSR count). The zero-order chi connectivity index (χ0) is 21.2. The molecule has 0 aliphatic carbocycles. The number of pyridine rings is 1. The van der Waals surface area contributed by atoms with E-state index in [0.29, 0.717) is 11.4 Å². The van der Waals surface area contributed by atoms with Gasteiger partial charge in [0.15, 0.2) is 0 Å². The van der Waals surface area contributed by atoms with Crippen LogP contribution in [-0.2, 0) is 4.53 Å². The van der Waals surface area contributed by atoms with Crippen LogP contribution in [0.2, 0.25) is 18.1 Å². The van der Waals surface area contributed by atoms with Gasteiger partial charge in [-0.2, -0.15) is 0 Å². The zero-order valence-corrected chi connectivity index (χ0v) is 19.3. The van der Waals surface area contributed by atoms with Gasteiger partial charge in [0.1, 0.15) is 5.82 Å². The molecule has 0 atom stereocenters. The second kappa shape index (κ2) is 8.05. The Morgan fingerprint density at radius 2 is 1.61 bits per heavy atom. The molecule has 0 spiro atoms. The van der Waals surface area contributed by atoms with E-state index in [0.717, 1.165) is 5.69 Å². The molecule has 28 heavy (non-hydrogen) atoms. The maximum atomic E-state index is 12.5. The van der Waals surface area contributed by atoms with E-state index in [1.54, 1.807) is 12.3 Å². The first kappa shape index (κ1) is 22.1. The summed E-state index contributed by atoms with van der Waals surface area (Å²) in [6.45, 7) is 17.5. The molecule has 1 amide bonds. The van der Waals surface area contributed by atoms with E-state index in [-0.39, 0.29) is 16.5 Å². The molecule has 0 aliphatic heterocycles. The number of carbonyl (C=O) groups is 1. The average molecular weight is 400 g/mol. The van der Waals surface area contributed by atoms with E-state index in [2.05, 4.69) is 64.9 Å². The lowest BCUT2D eigenvalue weighted by molar-refractivity contribution is 0.102. The van der Waals surface area contributed by atoms with Crippen molar-refractivity contribution in [2.75, 3.05) is 10.4 Å². The first-order valence-electron chi connectivity index (χ1n) is 9.63. The summed E-state index contributed by atoms with van der Waals surface area (Å²) in [6, 6.07) is 12.9. The van der Waals surface area contributed by atoms with Crippen LogP contribution in [-0.4, -0.2) is 24.7 Å². The van der Waals surface area contributed by atoms with Crippen molar-refractivity contribution in [3.8, 4) is 0 Å². The topological polar surface area (TPSA) is 54.5 Å². The molecule has 0 unspecified atom stereocenters. The Kier molecular flexibility index (Phi) is 6.36. The molecule has 1 N–H and O–H groups in total. The maximum Gasteiger partial charge on any atom is 0.256 e. The number of benzene rings is 1. The number of nitrogens with one attached hydrogen (secondary N) is 1. The maximum absolute atomic E-state index is 12.5. The number of carbonyl (C=O) groups excluding carboxylic acids is 1. The van der Waals surface area contributed by atoms with E-state index in [9.17, 15) is 4.79 Å². The Labute approximate surface area is 170 Å². The van der Waals surface area contributed by atoms with Crippen molar-refractivity contribution in [1.29, 1.82) is 0 Å². The minimum atomic E-state index is -2.01. The molecule has 5 nitrogen and oxygen atoms in total. The zero-order valence-electron chi connectivity index (χ0n) is 18.3. The molecular weight excluding hydrogens is 366 g/mol. The summed E-state index contributed by atoms with van der Waals surface area (Å²) >= 11 is 0. The molecule has 1 heterocycles. The van der Waals surface area contributed by atoms with Gasteiger partial charge in [0.25, 0.3) is 5.91 Å². The highest BCUT2D eigenvalue weighted by Gasteiger charge is 2.42. The standard InChI is InChI=1S/C22H33N3O2Si/c1-21(2,3)25(27-28(7,8)22(4,5)6)18-14-12-17(13-15-18)20(26)24-19-11-9-10-16-23-19/h9-16H,1-8H3,(H,23,24,26). The van der Waals surface area contributed by atoms with Crippen molar-refractivity contribution < 1.29 is 9.32 Å². The Hall–Kier alpha value is -2.18. The fourth-order valence-corrected chi connectivity index (χ4v) is 3.43. The van der Waals surface area contributed by atoms with Crippen molar-refractivity contribution in [2.45, 2.75) is 65.2 Å². The number of hydrogen-bond donors (Lipinski definition) is 1. The fourth-order valence-electron chi connectivity index (χ4n) is 2.32. The van der Waals surface area contributed by atoms with Crippen molar-refractivity contribution in [2.24, 2.45) is 0 Å². The number of hydroxylamine groups is 1. The molecule has 152 valence electrons. The van der Waals surface area contributed by atoms with Gasteiger partial charge < -0.3 is 9.84 Å². The number of aromatic nitrogens is 1. The monoisotopic (exact) mass is 399 g/mol. The minimum Gasteiger partial charge on any atom is -0.319 e. The van der Waals surface area contributed by atoms with Crippen molar-refractivity contribution >= 4 is 25.7 Å². The molecule has 0 saturated heterocycles. The second-order valence-corrected chi connectivity index (χ2v) is 14.2. The summed E-state index contributed by atoms with van der Waals surface area (Å²) in [5.41, 5.74) is 1.30. The molecule has 0 saturated carbocycles. The van der Waals surface area contributed by atoms with Gasteiger partial charge in [-0.25, -0.2) is 4.98 Å². The summed E-state index contributed by atoms with van der Waals surface area (Å²) in [5, 5.41) is 4.89. The second-order valence-electron chi connectivity index (χ2n) is 9.53. The minimum absolute atomic E-state index is 0.0962.